The Labute approximate surface area is 214 Å². The van der Waals surface area contributed by atoms with Crippen LogP contribution in [-0.4, -0.2) is 48.5 Å². The van der Waals surface area contributed by atoms with Crippen LogP contribution in [0.2, 0.25) is 0 Å². The number of anilines is 1. The van der Waals surface area contributed by atoms with Crippen LogP contribution in [0.25, 0.3) is 0 Å². The van der Waals surface area contributed by atoms with E-state index in [9.17, 15) is 4.79 Å². The molecule has 0 saturated carbocycles. The zero-order chi connectivity index (χ0) is 22.6. The topological polar surface area (TPSA) is 68.8 Å². The number of guanidine groups is 1. The molecule has 33 heavy (non-hydrogen) atoms. The van der Waals surface area contributed by atoms with Crippen molar-refractivity contribution in [2.45, 2.75) is 51.6 Å². The molecule has 1 amide bonds. The smallest absolute Gasteiger partial charge is 0.225 e. The van der Waals surface area contributed by atoms with Gasteiger partial charge in [-0.3, -0.25) is 14.7 Å². The van der Waals surface area contributed by atoms with Crippen molar-refractivity contribution < 1.29 is 4.79 Å². The lowest BCUT2D eigenvalue weighted by Gasteiger charge is -2.40. The first-order chi connectivity index (χ1) is 15.5. The van der Waals surface area contributed by atoms with E-state index in [2.05, 4.69) is 72.0 Å². The van der Waals surface area contributed by atoms with Gasteiger partial charge >= 0.3 is 0 Å². The largest absolute Gasteiger partial charge is 0.357 e. The van der Waals surface area contributed by atoms with Crippen LogP contribution >= 0.6 is 24.0 Å². The number of carbonyl (C=O) groups is 1. The van der Waals surface area contributed by atoms with E-state index in [1.807, 2.05) is 18.2 Å². The summed E-state index contributed by atoms with van der Waals surface area (Å²) in [6.07, 6.45) is 1.58. The second kappa shape index (κ2) is 11.3. The molecule has 0 radical (unpaired) electrons. The zero-order valence-corrected chi connectivity index (χ0v) is 22.2. The van der Waals surface area contributed by atoms with E-state index in [-0.39, 0.29) is 41.3 Å². The lowest BCUT2D eigenvalue weighted by molar-refractivity contribution is -0.116. The van der Waals surface area contributed by atoms with Gasteiger partial charge in [-0.25, -0.2) is 0 Å². The van der Waals surface area contributed by atoms with Gasteiger partial charge in [0.2, 0.25) is 5.91 Å². The summed E-state index contributed by atoms with van der Waals surface area (Å²) in [4.78, 5) is 19.6. The summed E-state index contributed by atoms with van der Waals surface area (Å²) < 4.78 is 0. The van der Waals surface area contributed by atoms with Crippen molar-refractivity contribution in [2.75, 3.05) is 31.5 Å². The third-order valence-corrected chi connectivity index (χ3v) is 6.58. The number of benzene rings is 2. The molecule has 6 nitrogen and oxygen atoms in total. The Bertz CT molecular complexity index is 990. The monoisotopic (exact) mass is 561 g/mol. The van der Waals surface area contributed by atoms with Crippen LogP contribution < -0.4 is 16.0 Å². The lowest BCUT2D eigenvalue weighted by Crippen LogP contribution is -2.49. The highest BCUT2D eigenvalue weighted by molar-refractivity contribution is 14.0. The molecule has 2 aliphatic rings. The van der Waals surface area contributed by atoms with Crippen LogP contribution in [-0.2, 0) is 17.8 Å². The summed E-state index contributed by atoms with van der Waals surface area (Å²) in [6, 6.07) is 16.8. The quantitative estimate of drug-likeness (QED) is 0.282. The van der Waals surface area contributed by atoms with E-state index in [0.29, 0.717) is 19.5 Å². The molecule has 2 heterocycles. The predicted molar refractivity (Wildman–Crippen MR) is 146 cm³/mol. The first-order valence-electron chi connectivity index (χ1n) is 11.7. The normalized spacial score (nSPS) is 18.5. The highest BCUT2D eigenvalue weighted by atomic mass is 127. The summed E-state index contributed by atoms with van der Waals surface area (Å²) in [5.41, 5.74) is 4.95. The molecular weight excluding hydrogens is 525 g/mol. The molecule has 0 fully saturated rings. The van der Waals surface area contributed by atoms with Crippen molar-refractivity contribution in [3.8, 4) is 0 Å². The number of nitrogens with zero attached hydrogens (tertiary/aromatic N) is 2. The summed E-state index contributed by atoms with van der Waals surface area (Å²) in [5, 5.41) is 9.82. The fraction of sp³-hybridized carbons (Fsp3) is 0.462. The number of hydrogen-bond donors (Lipinski definition) is 3. The van der Waals surface area contributed by atoms with Crippen LogP contribution in [0.5, 0.6) is 0 Å². The predicted octanol–water partition coefficient (Wildman–Crippen LogP) is 4.12. The highest BCUT2D eigenvalue weighted by Gasteiger charge is 2.30. The number of aliphatic imine (C=N–C) groups is 1. The van der Waals surface area contributed by atoms with E-state index < -0.39 is 0 Å². The second-order valence-corrected chi connectivity index (χ2v) is 9.37. The molecule has 4 rings (SSSR count). The number of carbonyl (C=O) groups excluding carboxylic acids is 1. The number of rotatable bonds is 6. The summed E-state index contributed by atoms with van der Waals surface area (Å²) in [7, 11) is 0. The molecule has 0 saturated heterocycles. The average Bonchev–Trinajstić information content (AvgIpc) is 2.80. The fourth-order valence-electron chi connectivity index (χ4n) is 4.63. The molecule has 7 heteroatoms. The van der Waals surface area contributed by atoms with E-state index in [1.165, 1.54) is 16.7 Å². The van der Waals surface area contributed by atoms with Gasteiger partial charge in [-0.05, 0) is 49.9 Å². The van der Waals surface area contributed by atoms with Gasteiger partial charge < -0.3 is 16.0 Å². The van der Waals surface area contributed by atoms with Gasteiger partial charge in [0, 0.05) is 49.7 Å². The van der Waals surface area contributed by atoms with Crippen LogP contribution in [0.4, 0.5) is 5.69 Å². The van der Waals surface area contributed by atoms with Crippen molar-refractivity contribution >= 4 is 41.5 Å². The minimum Gasteiger partial charge on any atom is -0.357 e. The van der Waals surface area contributed by atoms with Gasteiger partial charge in [0.25, 0.3) is 0 Å². The van der Waals surface area contributed by atoms with Crippen LogP contribution in [0, 0.1) is 0 Å². The molecule has 1 unspecified atom stereocenters. The van der Waals surface area contributed by atoms with Crippen LogP contribution in [0.1, 0.15) is 49.8 Å². The summed E-state index contributed by atoms with van der Waals surface area (Å²) in [6.45, 7) is 10.8. The van der Waals surface area contributed by atoms with E-state index in [4.69, 9.17) is 4.99 Å². The maximum atomic E-state index is 12.1. The number of amides is 1. The highest BCUT2D eigenvalue weighted by Crippen LogP contribution is 2.31. The second-order valence-electron chi connectivity index (χ2n) is 9.37. The Kier molecular flexibility index (Phi) is 8.75. The van der Waals surface area contributed by atoms with Gasteiger partial charge in [0.15, 0.2) is 5.96 Å². The van der Waals surface area contributed by atoms with Crippen molar-refractivity contribution in [3.63, 3.8) is 0 Å². The van der Waals surface area contributed by atoms with Gasteiger partial charge in [-0.2, -0.15) is 0 Å². The SMILES string of the molecule is CCNC(=NCC(C)(C)N1CCc2ccccc2C1)NCC1CC(=O)Nc2ccccc21.I. The third-order valence-electron chi connectivity index (χ3n) is 6.58. The maximum Gasteiger partial charge on any atom is 0.225 e. The van der Waals surface area contributed by atoms with Gasteiger partial charge in [-0.15, -0.1) is 24.0 Å². The Balaban J connectivity index is 0.00000306. The molecule has 2 aromatic rings. The maximum absolute atomic E-state index is 12.1. The number of nitrogens with one attached hydrogen (secondary N) is 3. The Morgan fingerprint density at radius 2 is 1.85 bits per heavy atom. The standard InChI is InChI=1S/C26H35N5O.HI/c1-4-27-25(28-16-21-15-24(32)30-23-12-8-7-11-22(21)23)29-18-26(2,3)31-14-13-19-9-5-6-10-20(19)17-31;/h5-12,21H,4,13-18H2,1-3H3,(H,30,32)(H2,27,28,29);1H. The van der Waals surface area contributed by atoms with Crippen LogP contribution in [0.15, 0.2) is 53.5 Å². The van der Waals surface area contributed by atoms with Crippen molar-refractivity contribution in [3.05, 3.63) is 65.2 Å². The molecule has 3 N–H and O–H groups in total. The van der Waals surface area contributed by atoms with Gasteiger partial charge in [-0.1, -0.05) is 42.5 Å². The minimum atomic E-state index is -0.0484. The number of fused-ring (bicyclic) bond motifs is 2. The summed E-state index contributed by atoms with van der Waals surface area (Å²) in [5.74, 6) is 1.01. The first kappa shape index (κ1) is 25.5. The molecule has 0 aromatic heterocycles. The minimum absolute atomic E-state index is 0. The Hall–Kier alpha value is -2.13. The number of hydrogen-bond acceptors (Lipinski definition) is 3. The fourth-order valence-corrected chi connectivity index (χ4v) is 4.63. The molecule has 2 aromatic carbocycles. The molecule has 178 valence electrons. The molecule has 0 spiro atoms. The average molecular weight is 562 g/mol. The van der Waals surface area contributed by atoms with Gasteiger partial charge in [0.1, 0.15) is 0 Å². The lowest BCUT2D eigenvalue weighted by atomic mass is 9.90. The Morgan fingerprint density at radius 3 is 2.64 bits per heavy atom. The molecule has 0 aliphatic carbocycles. The van der Waals surface area contributed by atoms with E-state index in [1.54, 1.807) is 0 Å². The first-order valence-corrected chi connectivity index (χ1v) is 11.7. The Morgan fingerprint density at radius 1 is 1.12 bits per heavy atom. The van der Waals surface area contributed by atoms with Crippen molar-refractivity contribution in [1.82, 2.24) is 15.5 Å². The van der Waals surface area contributed by atoms with Crippen molar-refractivity contribution in [2.24, 2.45) is 4.99 Å². The van der Waals surface area contributed by atoms with Crippen molar-refractivity contribution in [1.29, 1.82) is 0 Å². The molecule has 2 aliphatic heterocycles. The summed E-state index contributed by atoms with van der Waals surface area (Å²) >= 11 is 0. The number of halogens is 1. The molecular formula is C26H36IN5O. The molecule has 1 atom stereocenters. The molecule has 0 bridgehead atoms. The van der Waals surface area contributed by atoms with Gasteiger partial charge in [0.05, 0.1) is 6.54 Å². The van der Waals surface area contributed by atoms with Crippen LogP contribution in [0.3, 0.4) is 0 Å². The van der Waals surface area contributed by atoms with E-state index >= 15 is 0 Å². The third kappa shape index (κ3) is 6.26. The zero-order valence-electron chi connectivity index (χ0n) is 19.9. The number of para-hydroxylation sites is 1. The van der Waals surface area contributed by atoms with E-state index in [0.717, 1.165) is 37.7 Å².